The molecule has 0 amide bonds. The van der Waals surface area contributed by atoms with Crippen molar-refractivity contribution in [3.05, 3.63) is 40.4 Å². The molecule has 2 N–H and O–H groups in total. The fourth-order valence-corrected chi connectivity index (χ4v) is 5.45. The number of nitrogens with two attached hydrogens (primary N) is 1. The van der Waals surface area contributed by atoms with Gasteiger partial charge in [-0.1, -0.05) is 23.2 Å². The van der Waals surface area contributed by atoms with Gasteiger partial charge < -0.3 is 19.9 Å². The topological polar surface area (TPSA) is 82.7 Å². The molecule has 2 atom stereocenters. The Hall–Kier alpha value is -1.97. The molecule has 0 saturated carbocycles. The molecule has 3 heterocycles. The van der Waals surface area contributed by atoms with Crippen LogP contribution in [0.4, 0.5) is 5.82 Å². The van der Waals surface area contributed by atoms with Crippen LogP contribution >= 0.6 is 35.0 Å². The number of rotatable bonds is 5. The zero-order chi connectivity index (χ0) is 22.2. The van der Waals surface area contributed by atoms with E-state index in [1.807, 2.05) is 17.8 Å². The Kier molecular flexibility index (Phi) is 6.22. The van der Waals surface area contributed by atoms with Crippen molar-refractivity contribution in [2.24, 2.45) is 0 Å². The van der Waals surface area contributed by atoms with E-state index < -0.39 is 0 Å². The van der Waals surface area contributed by atoms with Crippen molar-refractivity contribution in [2.45, 2.75) is 12.1 Å². The molecule has 10 heteroatoms. The van der Waals surface area contributed by atoms with Crippen LogP contribution in [0.5, 0.6) is 11.5 Å². The predicted molar refractivity (Wildman–Crippen MR) is 129 cm³/mol. The normalized spacial score (nSPS) is 21.0. The van der Waals surface area contributed by atoms with Crippen molar-refractivity contribution in [3.63, 3.8) is 0 Å². The molecule has 2 aromatic carbocycles. The second kappa shape index (κ2) is 9.11. The van der Waals surface area contributed by atoms with Crippen molar-refractivity contribution >= 4 is 51.7 Å². The molecule has 5 rings (SSSR count). The van der Waals surface area contributed by atoms with Crippen molar-refractivity contribution in [3.8, 4) is 22.9 Å². The minimum atomic E-state index is 0.00703. The lowest BCUT2D eigenvalue weighted by atomic mass is 10.1. The SMILES string of the molecule is COc1cc2c(N)nc(-c3ccc(Cl)c(Cl)c3)nc2cc1OCC1CN2CSC[C@H]2CO1. The largest absolute Gasteiger partial charge is 0.493 e. The molecule has 0 radical (unpaired) electrons. The van der Waals surface area contributed by atoms with E-state index in [-0.39, 0.29) is 6.10 Å². The molecular weight excluding hydrogens is 471 g/mol. The van der Waals surface area contributed by atoms with Crippen LogP contribution in [0.1, 0.15) is 0 Å². The monoisotopic (exact) mass is 492 g/mol. The van der Waals surface area contributed by atoms with Crippen LogP contribution in [-0.4, -0.2) is 65.5 Å². The van der Waals surface area contributed by atoms with Crippen molar-refractivity contribution < 1.29 is 14.2 Å². The van der Waals surface area contributed by atoms with Crippen LogP contribution in [0.25, 0.3) is 22.3 Å². The molecule has 3 aromatic rings. The fraction of sp³-hybridized carbons (Fsp3) is 0.364. The molecular formula is C22H22Cl2N4O3S. The van der Waals surface area contributed by atoms with E-state index in [0.29, 0.717) is 56.7 Å². The van der Waals surface area contributed by atoms with Crippen molar-refractivity contribution in [1.82, 2.24) is 14.9 Å². The number of anilines is 1. The van der Waals surface area contributed by atoms with Gasteiger partial charge in [0, 0.05) is 41.2 Å². The molecule has 1 unspecified atom stereocenters. The van der Waals surface area contributed by atoms with E-state index in [9.17, 15) is 0 Å². The number of halogens is 2. The second-order valence-electron chi connectivity index (χ2n) is 7.77. The van der Waals surface area contributed by atoms with Gasteiger partial charge in [-0.25, -0.2) is 9.97 Å². The van der Waals surface area contributed by atoms with Gasteiger partial charge in [0.25, 0.3) is 0 Å². The average molecular weight is 493 g/mol. The number of benzene rings is 2. The third kappa shape index (κ3) is 4.30. The Morgan fingerprint density at radius 1 is 1.19 bits per heavy atom. The number of thioether (sulfide) groups is 1. The summed E-state index contributed by atoms with van der Waals surface area (Å²) in [7, 11) is 1.60. The minimum Gasteiger partial charge on any atom is -0.493 e. The first-order valence-corrected chi connectivity index (χ1v) is 12.1. The lowest BCUT2D eigenvalue weighted by Gasteiger charge is -2.34. The van der Waals surface area contributed by atoms with Gasteiger partial charge in [0.2, 0.25) is 0 Å². The highest BCUT2D eigenvalue weighted by molar-refractivity contribution is 7.99. The molecule has 7 nitrogen and oxygen atoms in total. The van der Waals surface area contributed by atoms with Crippen molar-refractivity contribution in [1.29, 1.82) is 0 Å². The number of nitrogen functional groups attached to an aromatic ring is 1. The molecule has 2 fully saturated rings. The Balaban J connectivity index is 1.42. The lowest BCUT2D eigenvalue weighted by molar-refractivity contribution is -0.0629. The van der Waals surface area contributed by atoms with Gasteiger partial charge in [0.05, 0.1) is 29.3 Å². The van der Waals surface area contributed by atoms with Crippen molar-refractivity contribution in [2.75, 3.05) is 44.2 Å². The zero-order valence-electron chi connectivity index (χ0n) is 17.4. The molecule has 0 spiro atoms. The minimum absolute atomic E-state index is 0.00703. The number of aromatic nitrogens is 2. The number of ether oxygens (including phenoxy) is 3. The van der Waals surface area contributed by atoms with Gasteiger partial charge in [0.1, 0.15) is 18.5 Å². The fourth-order valence-electron chi connectivity index (χ4n) is 3.91. The summed E-state index contributed by atoms with van der Waals surface area (Å²) in [6.07, 6.45) is 0.00703. The van der Waals surface area contributed by atoms with Gasteiger partial charge in [0.15, 0.2) is 17.3 Å². The predicted octanol–water partition coefficient (Wildman–Crippen LogP) is 4.35. The van der Waals surface area contributed by atoms with Gasteiger partial charge in [-0.3, -0.25) is 4.90 Å². The molecule has 2 aliphatic heterocycles. The third-order valence-corrected chi connectivity index (χ3v) is 7.53. The van der Waals surface area contributed by atoms with Crippen LogP contribution in [0.15, 0.2) is 30.3 Å². The van der Waals surface area contributed by atoms with Crippen LogP contribution in [0.2, 0.25) is 10.0 Å². The second-order valence-corrected chi connectivity index (χ2v) is 9.59. The smallest absolute Gasteiger partial charge is 0.163 e. The van der Waals surface area contributed by atoms with Gasteiger partial charge in [-0.15, -0.1) is 11.8 Å². The number of morpholine rings is 1. The number of nitrogens with zero attached hydrogens (tertiary/aromatic N) is 3. The summed E-state index contributed by atoms with van der Waals surface area (Å²) in [5.41, 5.74) is 7.61. The summed E-state index contributed by atoms with van der Waals surface area (Å²) < 4.78 is 17.7. The molecule has 0 aliphatic carbocycles. The third-order valence-electron chi connectivity index (χ3n) is 5.66. The maximum atomic E-state index is 6.24. The first kappa shape index (κ1) is 21.9. The van der Waals surface area contributed by atoms with Gasteiger partial charge >= 0.3 is 0 Å². The van der Waals surface area contributed by atoms with Crippen LogP contribution in [0.3, 0.4) is 0 Å². The zero-order valence-corrected chi connectivity index (χ0v) is 19.7. The first-order valence-electron chi connectivity index (χ1n) is 10.2. The molecule has 0 bridgehead atoms. The number of methoxy groups -OCH3 is 1. The maximum Gasteiger partial charge on any atom is 0.163 e. The Morgan fingerprint density at radius 2 is 2.06 bits per heavy atom. The van der Waals surface area contributed by atoms with Gasteiger partial charge in [-0.05, 0) is 24.3 Å². The molecule has 1 aromatic heterocycles. The van der Waals surface area contributed by atoms with Crippen LogP contribution < -0.4 is 15.2 Å². The quantitative estimate of drug-likeness (QED) is 0.562. The molecule has 2 saturated heterocycles. The van der Waals surface area contributed by atoms with E-state index >= 15 is 0 Å². The number of fused-ring (bicyclic) bond motifs is 2. The van der Waals surface area contributed by atoms with Crippen LogP contribution in [-0.2, 0) is 4.74 Å². The summed E-state index contributed by atoms with van der Waals surface area (Å²) in [6, 6.07) is 9.37. The first-order chi connectivity index (χ1) is 15.5. The Morgan fingerprint density at radius 3 is 2.88 bits per heavy atom. The average Bonchev–Trinajstić information content (AvgIpc) is 3.27. The van der Waals surface area contributed by atoms with E-state index in [4.69, 9.17) is 43.1 Å². The number of hydrogen-bond acceptors (Lipinski definition) is 8. The van der Waals surface area contributed by atoms with Crippen LogP contribution in [0, 0.1) is 0 Å². The summed E-state index contributed by atoms with van der Waals surface area (Å²) in [6.45, 7) is 2.03. The maximum absolute atomic E-state index is 6.24. The summed E-state index contributed by atoms with van der Waals surface area (Å²) in [5, 5.41) is 1.58. The summed E-state index contributed by atoms with van der Waals surface area (Å²) in [5.74, 6) is 4.14. The lowest BCUT2D eigenvalue weighted by Crippen LogP contribution is -2.48. The summed E-state index contributed by atoms with van der Waals surface area (Å²) >= 11 is 14.1. The molecule has 168 valence electrons. The summed E-state index contributed by atoms with van der Waals surface area (Å²) in [4.78, 5) is 11.6. The highest BCUT2D eigenvalue weighted by Crippen LogP contribution is 2.36. The van der Waals surface area contributed by atoms with E-state index in [2.05, 4.69) is 14.9 Å². The molecule has 2 aliphatic rings. The Bertz CT molecular complexity index is 1170. The highest BCUT2D eigenvalue weighted by atomic mass is 35.5. The highest BCUT2D eigenvalue weighted by Gasteiger charge is 2.33. The standard InChI is InChI=1S/C22H22Cl2N4O3S/c1-29-19-5-15-18(26-22(27-21(15)25)12-2-3-16(23)17(24)4-12)6-20(19)31-9-14-7-28-11-32-10-13(28)8-30-14/h2-6,13-14H,7-11H2,1H3,(H2,25,26,27)/t13-,14?/m1/s1. The van der Waals surface area contributed by atoms with E-state index in [1.54, 1.807) is 31.4 Å². The number of hydrogen-bond donors (Lipinski definition) is 1. The van der Waals surface area contributed by atoms with E-state index in [1.165, 1.54) is 0 Å². The van der Waals surface area contributed by atoms with Gasteiger partial charge in [-0.2, -0.15) is 0 Å². The van der Waals surface area contributed by atoms with E-state index in [0.717, 1.165) is 30.3 Å². The molecule has 32 heavy (non-hydrogen) atoms. The Labute approximate surface area is 200 Å².